The molecular formula is C17H19N3O3. The van der Waals surface area contributed by atoms with Crippen LogP contribution in [0.2, 0.25) is 0 Å². The lowest BCUT2D eigenvalue weighted by Gasteiger charge is -2.21. The van der Waals surface area contributed by atoms with Crippen molar-refractivity contribution in [2.75, 3.05) is 18.4 Å². The van der Waals surface area contributed by atoms with Gasteiger partial charge in [-0.05, 0) is 25.5 Å². The van der Waals surface area contributed by atoms with Crippen molar-refractivity contribution in [2.24, 2.45) is 0 Å². The molecule has 1 heterocycles. The monoisotopic (exact) mass is 313 g/mol. The lowest BCUT2D eigenvalue weighted by molar-refractivity contribution is -0.116. The third-order valence-electron chi connectivity index (χ3n) is 3.24. The highest BCUT2D eigenvalue weighted by Crippen LogP contribution is 2.11. The minimum atomic E-state index is -0.345. The molecule has 6 nitrogen and oxygen atoms in total. The van der Waals surface area contributed by atoms with Crippen LogP contribution in [-0.2, 0) is 4.79 Å². The topological polar surface area (TPSA) is 75.4 Å². The van der Waals surface area contributed by atoms with Gasteiger partial charge in [0.25, 0.3) is 5.91 Å². The third-order valence-corrected chi connectivity index (χ3v) is 3.24. The summed E-state index contributed by atoms with van der Waals surface area (Å²) in [4.78, 5) is 26.1. The molecule has 1 N–H and O–H groups in total. The van der Waals surface area contributed by atoms with E-state index < -0.39 is 0 Å². The van der Waals surface area contributed by atoms with E-state index in [0.717, 1.165) is 5.56 Å². The van der Waals surface area contributed by atoms with Gasteiger partial charge in [-0.3, -0.25) is 9.59 Å². The fourth-order valence-electron chi connectivity index (χ4n) is 2.14. The Hall–Kier alpha value is -2.89. The number of benzene rings is 1. The molecule has 0 aliphatic heterocycles. The number of carbonyl (C=O) groups is 2. The van der Waals surface area contributed by atoms with Crippen LogP contribution in [0.25, 0.3) is 0 Å². The molecule has 2 aromatic rings. The molecule has 1 aromatic heterocycles. The first-order valence-electron chi connectivity index (χ1n) is 7.20. The highest BCUT2D eigenvalue weighted by atomic mass is 16.5. The molecule has 0 saturated carbocycles. The average Bonchev–Trinajstić information content (AvgIpc) is 2.91. The zero-order valence-electron chi connectivity index (χ0n) is 13.2. The Morgan fingerprint density at radius 1 is 1.35 bits per heavy atom. The second-order valence-corrected chi connectivity index (χ2v) is 5.16. The van der Waals surface area contributed by atoms with Crippen molar-refractivity contribution in [2.45, 2.75) is 13.8 Å². The molecule has 0 saturated heterocycles. The Bertz CT molecular complexity index is 721. The predicted molar refractivity (Wildman–Crippen MR) is 87.1 cm³/mol. The standard InChI is InChI=1S/C17H19N3O3/c1-4-9-20(17(22)14-8-6-5-7-12(14)2)11-16(21)18-15-10-13(3)23-19-15/h4-8,10H,1,9,11H2,2-3H3,(H,18,19,21). The first kappa shape index (κ1) is 16.5. The smallest absolute Gasteiger partial charge is 0.254 e. The van der Waals surface area contributed by atoms with E-state index in [-0.39, 0.29) is 24.9 Å². The fourth-order valence-corrected chi connectivity index (χ4v) is 2.14. The van der Waals surface area contributed by atoms with E-state index in [4.69, 9.17) is 4.52 Å². The summed E-state index contributed by atoms with van der Waals surface area (Å²) >= 11 is 0. The number of anilines is 1. The number of nitrogens with one attached hydrogen (secondary N) is 1. The van der Waals surface area contributed by atoms with E-state index in [2.05, 4.69) is 17.1 Å². The zero-order chi connectivity index (χ0) is 16.8. The Labute approximate surface area is 134 Å². The number of aromatic nitrogens is 1. The van der Waals surface area contributed by atoms with Crippen molar-refractivity contribution in [3.05, 3.63) is 59.9 Å². The first-order chi connectivity index (χ1) is 11.0. The van der Waals surface area contributed by atoms with Crippen LogP contribution in [0.3, 0.4) is 0 Å². The largest absolute Gasteiger partial charge is 0.360 e. The van der Waals surface area contributed by atoms with Gasteiger partial charge in [0.05, 0.1) is 0 Å². The van der Waals surface area contributed by atoms with Crippen molar-refractivity contribution in [1.29, 1.82) is 0 Å². The summed E-state index contributed by atoms with van der Waals surface area (Å²) in [6.07, 6.45) is 1.59. The van der Waals surface area contributed by atoms with Crippen molar-refractivity contribution in [1.82, 2.24) is 10.1 Å². The Morgan fingerprint density at radius 3 is 2.70 bits per heavy atom. The lowest BCUT2D eigenvalue weighted by Crippen LogP contribution is -2.38. The molecule has 1 aromatic carbocycles. The summed E-state index contributed by atoms with van der Waals surface area (Å²) < 4.78 is 4.89. The number of nitrogens with zero attached hydrogens (tertiary/aromatic N) is 2. The van der Waals surface area contributed by atoms with E-state index in [1.807, 2.05) is 19.1 Å². The summed E-state index contributed by atoms with van der Waals surface area (Å²) in [5, 5.41) is 6.30. The summed E-state index contributed by atoms with van der Waals surface area (Å²) in [7, 11) is 0. The van der Waals surface area contributed by atoms with E-state index in [1.54, 1.807) is 31.2 Å². The molecule has 0 bridgehead atoms. The normalized spacial score (nSPS) is 10.2. The number of carbonyl (C=O) groups excluding carboxylic acids is 2. The number of hydrogen-bond acceptors (Lipinski definition) is 4. The maximum Gasteiger partial charge on any atom is 0.254 e. The van der Waals surface area contributed by atoms with E-state index in [1.165, 1.54) is 4.90 Å². The fraction of sp³-hybridized carbons (Fsp3) is 0.235. The molecule has 0 aliphatic carbocycles. The number of aryl methyl sites for hydroxylation is 2. The first-order valence-corrected chi connectivity index (χ1v) is 7.20. The van der Waals surface area contributed by atoms with Crippen molar-refractivity contribution in [3.63, 3.8) is 0 Å². The van der Waals surface area contributed by atoms with E-state index >= 15 is 0 Å². The summed E-state index contributed by atoms with van der Waals surface area (Å²) in [5.74, 6) is 0.366. The molecule has 2 rings (SSSR count). The van der Waals surface area contributed by atoms with Gasteiger partial charge in [-0.15, -0.1) is 6.58 Å². The van der Waals surface area contributed by atoms with Crippen LogP contribution in [0, 0.1) is 13.8 Å². The molecule has 0 radical (unpaired) electrons. The maximum absolute atomic E-state index is 12.6. The summed E-state index contributed by atoms with van der Waals surface area (Å²) in [6.45, 7) is 7.41. The number of rotatable bonds is 6. The van der Waals surface area contributed by atoms with E-state index in [9.17, 15) is 9.59 Å². The van der Waals surface area contributed by atoms with Crippen molar-refractivity contribution in [3.8, 4) is 0 Å². The van der Waals surface area contributed by atoms with Crippen LogP contribution in [0.15, 0.2) is 47.5 Å². The number of amides is 2. The number of hydrogen-bond donors (Lipinski definition) is 1. The summed E-state index contributed by atoms with van der Waals surface area (Å²) in [5.41, 5.74) is 1.43. The van der Waals surface area contributed by atoms with Crippen LogP contribution >= 0.6 is 0 Å². The van der Waals surface area contributed by atoms with Crippen molar-refractivity contribution >= 4 is 17.6 Å². The second-order valence-electron chi connectivity index (χ2n) is 5.16. The Balaban J connectivity index is 2.08. The quantitative estimate of drug-likeness (QED) is 0.832. The van der Waals surface area contributed by atoms with Crippen molar-refractivity contribution < 1.29 is 14.1 Å². The molecule has 0 unspecified atom stereocenters. The molecule has 0 spiro atoms. The van der Waals surface area contributed by atoms with Gasteiger partial charge in [0.15, 0.2) is 5.82 Å². The van der Waals surface area contributed by atoms with Gasteiger partial charge in [0.1, 0.15) is 12.3 Å². The highest BCUT2D eigenvalue weighted by molar-refractivity contribution is 5.99. The predicted octanol–water partition coefficient (Wildman–Crippen LogP) is 2.56. The molecular weight excluding hydrogens is 294 g/mol. The molecule has 0 atom stereocenters. The maximum atomic E-state index is 12.6. The van der Waals surface area contributed by atoms with Crippen LogP contribution < -0.4 is 5.32 Å². The highest BCUT2D eigenvalue weighted by Gasteiger charge is 2.19. The van der Waals surface area contributed by atoms with Crippen LogP contribution in [-0.4, -0.2) is 35.0 Å². The molecule has 0 fully saturated rings. The van der Waals surface area contributed by atoms with Gasteiger partial charge in [-0.25, -0.2) is 0 Å². The Kier molecular flexibility index (Phi) is 5.30. The SMILES string of the molecule is C=CCN(CC(=O)Nc1cc(C)on1)C(=O)c1ccccc1C. The van der Waals surface area contributed by atoms with Gasteiger partial charge in [-0.1, -0.05) is 29.4 Å². The minimum Gasteiger partial charge on any atom is -0.360 e. The molecule has 120 valence electrons. The van der Waals surface area contributed by atoms with Crippen LogP contribution in [0.5, 0.6) is 0 Å². The zero-order valence-corrected chi connectivity index (χ0v) is 13.2. The third kappa shape index (κ3) is 4.29. The van der Waals surface area contributed by atoms with E-state index in [0.29, 0.717) is 17.1 Å². The second kappa shape index (κ2) is 7.40. The van der Waals surface area contributed by atoms with Crippen LogP contribution in [0.4, 0.5) is 5.82 Å². The average molecular weight is 313 g/mol. The lowest BCUT2D eigenvalue weighted by atomic mass is 10.1. The molecule has 0 aliphatic rings. The van der Waals surface area contributed by atoms with Gasteiger partial charge in [-0.2, -0.15) is 0 Å². The van der Waals surface area contributed by atoms with Crippen LogP contribution in [0.1, 0.15) is 21.7 Å². The van der Waals surface area contributed by atoms with Gasteiger partial charge in [0.2, 0.25) is 5.91 Å². The Morgan fingerprint density at radius 2 is 2.09 bits per heavy atom. The molecule has 2 amide bonds. The molecule has 23 heavy (non-hydrogen) atoms. The molecule has 6 heteroatoms. The van der Waals surface area contributed by atoms with Gasteiger partial charge < -0.3 is 14.7 Å². The minimum absolute atomic E-state index is 0.0922. The van der Waals surface area contributed by atoms with Gasteiger partial charge in [0, 0.05) is 18.2 Å². The summed E-state index contributed by atoms with van der Waals surface area (Å²) in [6, 6.07) is 8.87. The van der Waals surface area contributed by atoms with Gasteiger partial charge >= 0.3 is 0 Å².